The van der Waals surface area contributed by atoms with E-state index in [9.17, 15) is 0 Å². The largest absolute Gasteiger partial charge is 0.459 e. The highest BCUT2D eigenvalue weighted by molar-refractivity contribution is 6.31. The molecular weight excluding hydrogens is 186 g/mol. The highest BCUT2D eigenvalue weighted by atomic mass is 35.5. The molecule has 0 spiro atoms. The quantitative estimate of drug-likeness (QED) is 0.759. The Morgan fingerprint density at radius 1 is 1.46 bits per heavy atom. The van der Waals surface area contributed by atoms with Gasteiger partial charge in [-0.3, -0.25) is 0 Å². The molecule has 0 saturated carbocycles. The molecule has 2 nitrogen and oxygen atoms in total. The topological polar surface area (TPSA) is 39.2 Å². The maximum atomic E-state index is 5.87. The van der Waals surface area contributed by atoms with Gasteiger partial charge in [0.15, 0.2) is 0 Å². The summed E-state index contributed by atoms with van der Waals surface area (Å²) in [7, 11) is 0. The van der Waals surface area contributed by atoms with E-state index in [1.165, 1.54) is 0 Å². The van der Waals surface area contributed by atoms with Crippen molar-refractivity contribution in [2.45, 2.75) is 13.3 Å². The number of aryl methyl sites for hydroxylation is 1. The van der Waals surface area contributed by atoms with Gasteiger partial charge in [-0.25, -0.2) is 0 Å². The first kappa shape index (κ1) is 8.45. The third kappa shape index (κ3) is 1.27. The predicted molar refractivity (Wildman–Crippen MR) is 55.0 cm³/mol. The first-order chi connectivity index (χ1) is 6.22. The molecule has 1 heterocycles. The van der Waals surface area contributed by atoms with Gasteiger partial charge < -0.3 is 10.2 Å². The Hall–Kier alpha value is -1.15. The number of fused-ring (bicyclic) bond motifs is 1. The standard InChI is InChI=1S/C10H10ClNO/c1-2-8-10(12)7-5-6(11)3-4-9(7)13-8/h3-5H,2,12H2,1H3. The van der Waals surface area contributed by atoms with Crippen LogP contribution in [0.1, 0.15) is 12.7 Å². The van der Waals surface area contributed by atoms with Crippen LogP contribution in [0.2, 0.25) is 5.02 Å². The zero-order valence-corrected chi connectivity index (χ0v) is 8.06. The van der Waals surface area contributed by atoms with E-state index in [1.807, 2.05) is 19.1 Å². The van der Waals surface area contributed by atoms with Crippen LogP contribution >= 0.6 is 11.6 Å². The predicted octanol–water partition coefficient (Wildman–Crippen LogP) is 3.23. The van der Waals surface area contributed by atoms with Crippen molar-refractivity contribution in [2.24, 2.45) is 0 Å². The van der Waals surface area contributed by atoms with Gasteiger partial charge in [0.25, 0.3) is 0 Å². The van der Waals surface area contributed by atoms with Gasteiger partial charge in [0.2, 0.25) is 0 Å². The first-order valence-corrected chi connectivity index (χ1v) is 4.56. The van der Waals surface area contributed by atoms with Gasteiger partial charge in [-0.05, 0) is 18.2 Å². The minimum absolute atomic E-state index is 0.683. The van der Waals surface area contributed by atoms with Crippen LogP contribution in [0.25, 0.3) is 11.0 Å². The van der Waals surface area contributed by atoms with Crippen LogP contribution in [0, 0.1) is 0 Å². The fourth-order valence-electron chi connectivity index (χ4n) is 1.40. The normalized spacial score (nSPS) is 10.9. The van der Waals surface area contributed by atoms with E-state index in [4.69, 9.17) is 21.8 Å². The third-order valence-corrected chi connectivity index (χ3v) is 2.32. The molecule has 13 heavy (non-hydrogen) atoms. The molecule has 2 rings (SSSR count). The molecule has 0 aliphatic rings. The molecule has 0 aliphatic carbocycles. The number of anilines is 1. The Kier molecular flexibility index (Phi) is 1.93. The van der Waals surface area contributed by atoms with Crippen LogP contribution in [0.15, 0.2) is 22.6 Å². The Balaban J connectivity index is 2.77. The molecule has 0 atom stereocenters. The molecule has 0 aliphatic heterocycles. The zero-order chi connectivity index (χ0) is 9.42. The molecule has 0 radical (unpaired) electrons. The second kappa shape index (κ2) is 2.96. The molecular formula is C10H10ClNO. The summed E-state index contributed by atoms with van der Waals surface area (Å²) in [5.41, 5.74) is 7.38. The number of hydrogen-bond acceptors (Lipinski definition) is 2. The SMILES string of the molecule is CCc1oc2ccc(Cl)cc2c1N. The minimum atomic E-state index is 0.683. The van der Waals surface area contributed by atoms with Crippen molar-refractivity contribution in [3.05, 3.63) is 29.0 Å². The molecule has 1 aromatic heterocycles. The zero-order valence-electron chi connectivity index (χ0n) is 7.30. The summed E-state index contributed by atoms with van der Waals surface area (Å²) in [5, 5.41) is 1.59. The van der Waals surface area contributed by atoms with Crippen LogP contribution in [-0.4, -0.2) is 0 Å². The van der Waals surface area contributed by atoms with Gasteiger partial charge >= 0.3 is 0 Å². The molecule has 0 unspecified atom stereocenters. The van der Waals surface area contributed by atoms with Crippen molar-refractivity contribution in [3.63, 3.8) is 0 Å². The number of benzene rings is 1. The molecule has 1 aromatic carbocycles. The van der Waals surface area contributed by atoms with E-state index in [1.54, 1.807) is 6.07 Å². The first-order valence-electron chi connectivity index (χ1n) is 4.18. The van der Waals surface area contributed by atoms with E-state index in [-0.39, 0.29) is 0 Å². The Labute approximate surface area is 81.3 Å². The van der Waals surface area contributed by atoms with E-state index in [0.29, 0.717) is 10.7 Å². The van der Waals surface area contributed by atoms with E-state index in [0.717, 1.165) is 23.2 Å². The molecule has 0 bridgehead atoms. The summed E-state index contributed by atoms with van der Waals surface area (Å²) >= 11 is 5.85. The second-order valence-electron chi connectivity index (χ2n) is 2.93. The summed E-state index contributed by atoms with van der Waals surface area (Å²) in [6.07, 6.45) is 0.804. The number of furan rings is 1. The van der Waals surface area contributed by atoms with Crippen molar-refractivity contribution in [3.8, 4) is 0 Å². The highest BCUT2D eigenvalue weighted by Crippen LogP contribution is 2.30. The number of halogens is 1. The third-order valence-electron chi connectivity index (χ3n) is 2.09. The smallest absolute Gasteiger partial charge is 0.136 e. The molecule has 2 N–H and O–H groups in total. The summed E-state index contributed by atoms with van der Waals surface area (Å²) in [6.45, 7) is 2.01. The molecule has 0 saturated heterocycles. The fourth-order valence-corrected chi connectivity index (χ4v) is 1.57. The highest BCUT2D eigenvalue weighted by Gasteiger charge is 2.09. The van der Waals surface area contributed by atoms with E-state index >= 15 is 0 Å². The summed E-state index contributed by atoms with van der Waals surface area (Å²) in [6, 6.07) is 5.47. The lowest BCUT2D eigenvalue weighted by Crippen LogP contribution is -1.86. The van der Waals surface area contributed by atoms with E-state index < -0.39 is 0 Å². The van der Waals surface area contributed by atoms with Crippen LogP contribution in [0.5, 0.6) is 0 Å². The Morgan fingerprint density at radius 2 is 2.23 bits per heavy atom. The van der Waals surface area contributed by atoms with Gasteiger partial charge in [0.05, 0.1) is 5.69 Å². The van der Waals surface area contributed by atoms with Crippen LogP contribution in [-0.2, 0) is 6.42 Å². The molecule has 2 aromatic rings. The minimum Gasteiger partial charge on any atom is -0.459 e. The average Bonchev–Trinajstić information content (AvgIpc) is 2.44. The average molecular weight is 196 g/mol. The maximum Gasteiger partial charge on any atom is 0.136 e. The second-order valence-corrected chi connectivity index (χ2v) is 3.37. The van der Waals surface area contributed by atoms with Crippen molar-refractivity contribution in [2.75, 3.05) is 5.73 Å². The monoisotopic (exact) mass is 195 g/mol. The number of rotatable bonds is 1. The van der Waals surface area contributed by atoms with Gasteiger partial charge in [-0.15, -0.1) is 0 Å². The molecule has 3 heteroatoms. The Morgan fingerprint density at radius 3 is 2.92 bits per heavy atom. The van der Waals surface area contributed by atoms with Gasteiger partial charge in [-0.1, -0.05) is 18.5 Å². The lowest BCUT2D eigenvalue weighted by atomic mass is 10.2. The van der Waals surface area contributed by atoms with Crippen molar-refractivity contribution in [1.29, 1.82) is 0 Å². The van der Waals surface area contributed by atoms with Gasteiger partial charge in [0.1, 0.15) is 11.3 Å². The summed E-state index contributed by atoms with van der Waals surface area (Å²) in [4.78, 5) is 0. The van der Waals surface area contributed by atoms with Crippen molar-refractivity contribution in [1.82, 2.24) is 0 Å². The van der Waals surface area contributed by atoms with Crippen LogP contribution < -0.4 is 5.73 Å². The summed E-state index contributed by atoms with van der Waals surface area (Å²) in [5.74, 6) is 0.831. The van der Waals surface area contributed by atoms with Crippen LogP contribution in [0.4, 0.5) is 5.69 Å². The number of nitrogens with two attached hydrogens (primary N) is 1. The number of hydrogen-bond donors (Lipinski definition) is 1. The lowest BCUT2D eigenvalue weighted by molar-refractivity contribution is 0.559. The van der Waals surface area contributed by atoms with Crippen molar-refractivity contribution < 1.29 is 4.42 Å². The van der Waals surface area contributed by atoms with Crippen LogP contribution in [0.3, 0.4) is 0 Å². The van der Waals surface area contributed by atoms with Gasteiger partial charge in [0, 0.05) is 16.8 Å². The fraction of sp³-hybridized carbons (Fsp3) is 0.200. The van der Waals surface area contributed by atoms with E-state index in [2.05, 4.69) is 0 Å². The molecule has 68 valence electrons. The lowest BCUT2D eigenvalue weighted by Gasteiger charge is -1.90. The van der Waals surface area contributed by atoms with Gasteiger partial charge in [-0.2, -0.15) is 0 Å². The maximum absolute atomic E-state index is 5.87. The number of nitrogen functional groups attached to an aromatic ring is 1. The molecule has 0 fully saturated rings. The summed E-state index contributed by atoms with van der Waals surface area (Å²) < 4.78 is 5.52. The molecule has 0 amide bonds. The Bertz CT molecular complexity index is 447. The van der Waals surface area contributed by atoms with Crippen molar-refractivity contribution >= 4 is 28.3 Å².